The van der Waals surface area contributed by atoms with E-state index in [4.69, 9.17) is 16.9 Å². The Morgan fingerprint density at radius 1 is 1.38 bits per heavy atom. The zero-order chi connectivity index (χ0) is 15.1. The highest BCUT2D eigenvalue weighted by atomic mass is 35.5. The Morgan fingerprint density at radius 3 is 2.90 bits per heavy atom. The molecule has 2 heterocycles. The van der Waals surface area contributed by atoms with Gasteiger partial charge in [0.15, 0.2) is 0 Å². The van der Waals surface area contributed by atoms with Gasteiger partial charge in [-0.1, -0.05) is 6.07 Å². The molecule has 21 heavy (non-hydrogen) atoms. The van der Waals surface area contributed by atoms with Crippen molar-refractivity contribution in [1.29, 1.82) is 5.26 Å². The highest BCUT2D eigenvalue weighted by molar-refractivity contribution is 6.28. The van der Waals surface area contributed by atoms with Crippen LogP contribution in [0.2, 0.25) is 5.28 Å². The molecular weight excluding hydrogens is 290 g/mol. The van der Waals surface area contributed by atoms with Crippen LogP contribution in [0.1, 0.15) is 12.0 Å². The highest BCUT2D eigenvalue weighted by Gasteiger charge is 2.13. The SMILES string of the molecule is CNc1nc(Cl)nc(N(CCC#N)Cc2cccnc2)n1. The van der Waals surface area contributed by atoms with Gasteiger partial charge in [0, 0.05) is 32.5 Å². The summed E-state index contributed by atoms with van der Waals surface area (Å²) in [5.41, 5.74) is 0.998. The average Bonchev–Trinajstić information content (AvgIpc) is 2.51. The topological polar surface area (TPSA) is 90.6 Å². The van der Waals surface area contributed by atoms with Crippen LogP contribution in [-0.4, -0.2) is 33.5 Å². The number of nitrogens with one attached hydrogen (secondary N) is 1. The molecule has 2 aromatic rings. The number of pyridine rings is 1. The monoisotopic (exact) mass is 303 g/mol. The Labute approximate surface area is 127 Å². The van der Waals surface area contributed by atoms with Gasteiger partial charge in [0.1, 0.15) is 0 Å². The number of rotatable bonds is 6. The summed E-state index contributed by atoms with van der Waals surface area (Å²) >= 11 is 5.90. The van der Waals surface area contributed by atoms with E-state index in [9.17, 15) is 0 Å². The number of nitrogens with zero attached hydrogens (tertiary/aromatic N) is 6. The second-order valence-corrected chi connectivity index (χ2v) is 4.51. The second-order valence-electron chi connectivity index (χ2n) is 4.17. The van der Waals surface area contributed by atoms with E-state index in [1.54, 1.807) is 19.4 Å². The highest BCUT2D eigenvalue weighted by Crippen LogP contribution is 2.16. The van der Waals surface area contributed by atoms with Crippen molar-refractivity contribution in [1.82, 2.24) is 19.9 Å². The number of aromatic nitrogens is 4. The summed E-state index contributed by atoms with van der Waals surface area (Å²) < 4.78 is 0. The Balaban J connectivity index is 2.27. The lowest BCUT2D eigenvalue weighted by Crippen LogP contribution is -2.26. The molecule has 0 amide bonds. The predicted molar refractivity (Wildman–Crippen MR) is 79.9 cm³/mol. The molecule has 1 N–H and O–H groups in total. The number of anilines is 2. The number of hydrogen-bond acceptors (Lipinski definition) is 7. The number of halogens is 1. The minimum atomic E-state index is 0.109. The first kappa shape index (κ1) is 14.9. The van der Waals surface area contributed by atoms with Gasteiger partial charge in [-0.05, 0) is 23.2 Å². The molecule has 0 aliphatic rings. The first-order chi connectivity index (χ1) is 10.2. The predicted octanol–water partition coefficient (Wildman–Crippen LogP) is 1.88. The summed E-state index contributed by atoms with van der Waals surface area (Å²) in [5, 5.41) is 11.7. The summed E-state index contributed by atoms with van der Waals surface area (Å²) in [6.07, 6.45) is 3.83. The van der Waals surface area contributed by atoms with Crippen molar-refractivity contribution in [3.05, 3.63) is 35.4 Å². The van der Waals surface area contributed by atoms with Crippen LogP contribution in [0.4, 0.5) is 11.9 Å². The van der Waals surface area contributed by atoms with Crippen molar-refractivity contribution in [3.63, 3.8) is 0 Å². The Bertz CT molecular complexity index is 626. The van der Waals surface area contributed by atoms with Crippen LogP contribution < -0.4 is 10.2 Å². The summed E-state index contributed by atoms with van der Waals surface area (Å²) in [7, 11) is 1.70. The molecular formula is C13H14ClN7. The minimum Gasteiger partial charge on any atom is -0.357 e. The molecule has 2 aromatic heterocycles. The summed E-state index contributed by atoms with van der Waals surface area (Å²) in [4.78, 5) is 18.3. The molecule has 0 bridgehead atoms. The molecule has 0 aliphatic heterocycles. The molecule has 2 rings (SSSR count). The minimum absolute atomic E-state index is 0.109. The van der Waals surface area contributed by atoms with E-state index in [1.165, 1.54) is 0 Å². The fraction of sp³-hybridized carbons (Fsp3) is 0.308. The Hall–Kier alpha value is -2.46. The van der Waals surface area contributed by atoms with Crippen LogP contribution in [0.3, 0.4) is 0 Å². The van der Waals surface area contributed by atoms with Crippen molar-refractivity contribution >= 4 is 23.5 Å². The maximum Gasteiger partial charge on any atom is 0.231 e. The number of hydrogen-bond donors (Lipinski definition) is 1. The van der Waals surface area contributed by atoms with E-state index in [0.717, 1.165) is 5.56 Å². The molecule has 0 saturated carbocycles. The number of nitriles is 1. The molecule has 0 aliphatic carbocycles. The van der Waals surface area contributed by atoms with Crippen molar-refractivity contribution in [2.75, 3.05) is 23.8 Å². The normalized spacial score (nSPS) is 9.95. The van der Waals surface area contributed by atoms with Gasteiger partial charge in [-0.25, -0.2) is 0 Å². The molecule has 108 valence electrons. The van der Waals surface area contributed by atoms with Gasteiger partial charge in [-0.2, -0.15) is 20.2 Å². The van der Waals surface area contributed by atoms with Crippen molar-refractivity contribution in [2.45, 2.75) is 13.0 Å². The van der Waals surface area contributed by atoms with E-state index in [1.807, 2.05) is 17.0 Å². The van der Waals surface area contributed by atoms with Crippen LogP contribution >= 0.6 is 11.6 Å². The van der Waals surface area contributed by atoms with Crippen LogP contribution in [0.15, 0.2) is 24.5 Å². The van der Waals surface area contributed by atoms with Crippen molar-refractivity contribution in [3.8, 4) is 6.07 Å². The van der Waals surface area contributed by atoms with Gasteiger partial charge >= 0.3 is 0 Å². The fourth-order valence-electron chi connectivity index (χ4n) is 1.74. The third-order valence-electron chi connectivity index (χ3n) is 2.69. The van der Waals surface area contributed by atoms with Crippen LogP contribution in [0, 0.1) is 11.3 Å². The molecule has 0 aromatic carbocycles. The van der Waals surface area contributed by atoms with Gasteiger partial charge < -0.3 is 10.2 Å². The zero-order valence-corrected chi connectivity index (χ0v) is 12.2. The van der Waals surface area contributed by atoms with Gasteiger partial charge in [-0.3, -0.25) is 4.98 Å². The first-order valence-electron chi connectivity index (χ1n) is 6.33. The van der Waals surface area contributed by atoms with Gasteiger partial charge in [0.05, 0.1) is 12.5 Å². The molecule has 0 radical (unpaired) electrons. The maximum absolute atomic E-state index is 8.80. The lowest BCUT2D eigenvalue weighted by Gasteiger charge is -2.21. The largest absolute Gasteiger partial charge is 0.357 e. The van der Waals surface area contributed by atoms with Crippen molar-refractivity contribution < 1.29 is 0 Å². The molecule has 8 heteroatoms. The van der Waals surface area contributed by atoms with Crippen LogP contribution in [-0.2, 0) is 6.54 Å². The van der Waals surface area contributed by atoms with Crippen LogP contribution in [0.25, 0.3) is 0 Å². The lowest BCUT2D eigenvalue weighted by atomic mass is 10.2. The van der Waals surface area contributed by atoms with Crippen LogP contribution in [0.5, 0.6) is 0 Å². The standard InChI is InChI=1S/C13H14ClN7/c1-16-12-18-11(14)19-13(20-12)21(7-3-5-15)9-10-4-2-6-17-8-10/h2,4,6,8H,3,7,9H2,1H3,(H,16,18,19,20). The van der Waals surface area contributed by atoms with E-state index in [2.05, 4.69) is 31.3 Å². The average molecular weight is 304 g/mol. The third kappa shape index (κ3) is 4.26. The summed E-state index contributed by atoms with van der Waals surface area (Å²) in [6.45, 7) is 1.04. The molecule has 0 saturated heterocycles. The third-order valence-corrected chi connectivity index (χ3v) is 2.86. The Kier molecular flexibility index (Phi) is 5.23. The quantitative estimate of drug-likeness (QED) is 0.871. The van der Waals surface area contributed by atoms with E-state index >= 15 is 0 Å². The molecule has 0 unspecified atom stereocenters. The molecule has 0 atom stereocenters. The van der Waals surface area contributed by atoms with E-state index in [0.29, 0.717) is 31.4 Å². The second kappa shape index (κ2) is 7.36. The fourth-order valence-corrected chi connectivity index (χ4v) is 1.90. The smallest absolute Gasteiger partial charge is 0.231 e. The zero-order valence-electron chi connectivity index (χ0n) is 11.5. The molecule has 0 spiro atoms. The van der Waals surface area contributed by atoms with E-state index in [-0.39, 0.29) is 5.28 Å². The van der Waals surface area contributed by atoms with Crippen molar-refractivity contribution in [2.24, 2.45) is 0 Å². The first-order valence-corrected chi connectivity index (χ1v) is 6.71. The molecule has 0 fully saturated rings. The molecule has 7 nitrogen and oxygen atoms in total. The summed E-state index contributed by atoms with van der Waals surface area (Å²) in [6, 6.07) is 5.93. The Morgan fingerprint density at radius 2 is 2.24 bits per heavy atom. The lowest BCUT2D eigenvalue weighted by molar-refractivity contribution is 0.757. The van der Waals surface area contributed by atoms with Gasteiger partial charge in [-0.15, -0.1) is 0 Å². The van der Waals surface area contributed by atoms with Gasteiger partial charge in [0.25, 0.3) is 0 Å². The maximum atomic E-state index is 8.80. The van der Waals surface area contributed by atoms with Gasteiger partial charge in [0.2, 0.25) is 17.2 Å². The van der Waals surface area contributed by atoms with E-state index < -0.39 is 0 Å². The summed E-state index contributed by atoms with van der Waals surface area (Å²) in [5.74, 6) is 0.816.